The van der Waals surface area contributed by atoms with Gasteiger partial charge < -0.3 is 14.8 Å². The second kappa shape index (κ2) is 8.64. The highest BCUT2D eigenvalue weighted by Gasteiger charge is 2.30. The van der Waals surface area contributed by atoms with Crippen LogP contribution in [0.4, 0.5) is 24.5 Å². The largest absolute Gasteiger partial charge is 0.497 e. The van der Waals surface area contributed by atoms with E-state index >= 15 is 0 Å². The number of carbonyl (C=O) groups is 2. The van der Waals surface area contributed by atoms with Crippen LogP contribution < -0.4 is 19.7 Å². The van der Waals surface area contributed by atoms with Gasteiger partial charge >= 0.3 is 6.18 Å². The topological polar surface area (TPSA) is 67.9 Å². The van der Waals surface area contributed by atoms with Crippen LogP contribution in [0.2, 0.25) is 0 Å². The molecule has 1 N–H and O–H groups in total. The van der Waals surface area contributed by atoms with Gasteiger partial charge in [-0.15, -0.1) is 0 Å². The van der Waals surface area contributed by atoms with E-state index in [1.54, 1.807) is 18.2 Å². The van der Waals surface area contributed by atoms with E-state index in [0.717, 1.165) is 24.3 Å². The van der Waals surface area contributed by atoms with E-state index in [9.17, 15) is 22.8 Å². The lowest BCUT2D eigenvalue weighted by Gasteiger charge is -2.23. The Kier molecular flexibility index (Phi) is 6.50. The minimum atomic E-state index is -4.46. The summed E-state index contributed by atoms with van der Waals surface area (Å²) < 4.78 is 48.2. The van der Waals surface area contributed by atoms with Crippen LogP contribution in [0.1, 0.15) is 12.5 Å². The summed E-state index contributed by atoms with van der Waals surface area (Å²) in [6.07, 6.45) is -4.46. The first-order valence-electron chi connectivity index (χ1n) is 8.13. The van der Waals surface area contributed by atoms with Gasteiger partial charge in [-0.25, -0.2) is 0 Å². The van der Waals surface area contributed by atoms with Crippen LogP contribution in [0.5, 0.6) is 11.5 Å². The lowest BCUT2D eigenvalue weighted by molar-refractivity contribution is -0.137. The van der Waals surface area contributed by atoms with Crippen molar-refractivity contribution >= 4 is 23.2 Å². The number of methoxy groups -OCH3 is 2. The molecular weight excluding hydrogens is 377 g/mol. The number of nitrogens with one attached hydrogen (secondary N) is 1. The Morgan fingerprint density at radius 3 is 2.18 bits per heavy atom. The van der Waals surface area contributed by atoms with Crippen LogP contribution in [-0.4, -0.2) is 32.6 Å². The smallest absolute Gasteiger partial charge is 0.416 e. The maximum atomic E-state index is 12.6. The number of amides is 2. The maximum Gasteiger partial charge on any atom is 0.416 e. The number of alkyl halides is 3. The summed E-state index contributed by atoms with van der Waals surface area (Å²) in [6, 6.07) is 8.78. The number of carbonyl (C=O) groups excluding carboxylic acids is 2. The summed E-state index contributed by atoms with van der Waals surface area (Å²) >= 11 is 0. The van der Waals surface area contributed by atoms with Gasteiger partial charge in [-0.2, -0.15) is 13.2 Å². The Hall–Kier alpha value is -3.23. The van der Waals surface area contributed by atoms with Crippen LogP contribution in [0.15, 0.2) is 42.5 Å². The summed E-state index contributed by atoms with van der Waals surface area (Å²) in [4.78, 5) is 25.5. The molecule has 0 bridgehead atoms. The van der Waals surface area contributed by atoms with Gasteiger partial charge in [0, 0.05) is 18.7 Å². The summed E-state index contributed by atoms with van der Waals surface area (Å²) in [6.45, 7) is 0.939. The second-order valence-electron chi connectivity index (χ2n) is 5.77. The first-order chi connectivity index (χ1) is 13.2. The first-order valence-corrected chi connectivity index (χ1v) is 8.13. The standard InChI is InChI=1S/C19H19F3N2O4/c1-12(25)24(16-9-8-15(27-2)10-17(16)28-3)11-18(26)23-14-6-4-13(5-7-14)19(20,21)22/h4-10H,11H2,1-3H3,(H,23,26). The number of hydrogen-bond acceptors (Lipinski definition) is 4. The fraction of sp³-hybridized carbons (Fsp3) is 0.263. The number of nitrogens with zero attached hydrogens (tertiary/aromatic N) is 1. The van der Waals surface area contributed by atoms with Crippen molar-refractivity contribution in [3.63, 3.8) is 0 Å². The van der Waals surface area contributed by atoms with Crippen LogP contribution >= 0.6 is 0 Å². The van der Waals surface area contributed by atoms with Gasteiger partial charge in [0.15, 0.2) is 0 Å². The lowest BCUT2D eigenvalue weighted by Crippen LogP contribution is -2.36. The number of rotatable bonds is 6. The van der Waals surface area contributed by atoms with Crippen LogP contribution in [-0.2, 0) is 15.8 Å². The molecule has 28 heavy (non-hydrogen) atoms. The molecule has 0 fully saturated rings. The van der Waals surface area contributed by atoms with Gasteiger partial charge in [-0.1, -0.05) is 0 Å². The van der Waals surface area contributed by atoms with Gasteiger partial charge in [0.1, 0.15) is 18.0 Å². The Morgan fingerprint density at radius 2 is 1.68 bits per heavy atom. The minimum absolute atomic E-state index is 0.184. The van der Waals surface area contributed by atoms with Crippen molar-refractivity contribution in [2.75, 3.05) is 31.0 Å². The molecule has 0 saturated heterocycles. The predicted molar refractivity (Wildman–Crippen MR) is 97.6 cm³/mol. The molecule has 2 aromatic rings. The number of anilines is 2. The second-order valence-corrected chi connectivity index (χ2v) is 5.77. The molecular formula is C19H19F3N2O4. The number of ether oxygens (including phenoxy) is 2. The van der Waals surface area contributed by atoms with Crippen molar-refractivity contribution in [3.05, 3.63) is 48.0 Å². The third kappa shape index (κ3) is 5.15. The zero-order valence-corrected chi connectivity index (χ0v) is 15.5. The van der Waals surface area contributed by atoms with E-state index in [0.29, 0.717) is 17.2 Å². The average molecular weight is 396 g/mol. The van der Waals surface area contributed by atoms with Crippen molar-refractivity contribution in [1.29, 1.82) is 0 Å². The molecule has 6 nitrogen and oxygen atoms in total. The van der Waals surface area contributed by atoms with Crippen LogP contribution in [0.25, 0.3) is 0 Å². The summed E-state index contributed by atoms with van der Waals surface area (Å²) in [7, 11) is 2.90. The molecule has 150 valence electrons. The SMILES string of the molecule is COc1ccc(N(CC(=O)Nc2ccc(C(F)(F)F)cc2)C(C)=O)c(OC)c1. The number of hydrogen-bond donors (Lipinski definition) is 1. The molecule has 2 amide bonds. The van der Waals surface area contributed by atoms with E-state index in [4.69, 9.17) is 9.47 Å². The van der Waals surface area contributed by atoms with Gasteiger partial charge in [0.25, 0.3) is 0 Å². The lowest BCUT2D eigenvalue weighted by atomic mass is 10.2. The Morgan fingerprint density at radius 1 is 1.04 bits per heavy atom. The Labute approximate surface area is 159 Å². The van der Waals surface area contributed by atoms with Crippen molar-refractivity contribution < 1.29 is 32.2 Å². The average Bonchev–Trinajstić information content (AvgIpc) is 2.65. The summed E-state index contributed by atoms with van der Waals surface area (Å²) in [5, 5.41) is 2.47. The molecule has 0 aromatic heterocycles. The van der Waals surface area contributed by atoms with Crippen molar-refractivity contribution in [2.24, 2.45) is 0 Å². The van der Waals surface area contributed by atoms with Crippen molar-refractivity contribution in [1.82, 2.24) is 0 Å². The van der Waals surface area contributed by atoms with Crippen LogP contribution in [0, 0.1) is 0 Å². The fourth-order valence-electron chi connectivity index (χ4n) is 2.46. The normalized spacial score (nSPS) is 10.9. The molecule has 0 saturated carbocycles. The summed E-state index contributed by atoms with van der Waals surface area (Å²) in [5.74, 6) is -0.144. The van der Waals surface area contributed by atoms with Crippen molar-refractivity contribution in [2.45, 2.75) is 13.1 Å². The van der Waals surface area contributed by atoms with Gasteiger partial charge in [-0.05, 0) is 36.4 Å². The highest BCUT2D eigenvalue weighted by atomic mass is 19.4. The molecule has 9 heteroatoms. The van der Waals surface area contributed by atoms with Gasteiger partial charge in [0.05, 0.1) is 25.5 Å². The third-order valence-corrected chi connectivity index (χ3v) is 3.86. The van der Waals surface area contributed by atoms with Crippen LogP contribution in [0.3, 0.4) is 0 Å². The van der Waals surface area contributed by atoms with E-state index in [1.165, 1.54) is 26.0 Å². The fourth-order valence-corrected chi connectivity index (χ4v) is 2.46. The molecule has 2 rings (SSSR count). The van der Waals surface area contributed by atoms with Crippen molar-refractivity contribution in [3.8, 4) is 11.5 Å². The Balaban J connectivity index is 2.16. The Bertz CT molecular complexity index is 851. The first kappa shape index (κ1) is 21.1. The predicted octanol–water partition coefficient (Wildman–Crippen LogP) is 3.71. The summed E-state index contributed by atoms with van der Waals surface area (Å²) in [5.41, 5.74) is -0.277. The monoisotopic (exact) mass is 396 g/mol. The number of benzene rings is 2. The molecule has 0 aliphatic carbocycles. The number of halogens is 3. The van der Waals surface area contributed by atoms with E-state index < -0.39 is 23.6 Å². The van der Waals surface area contributed by atoms with E-state index in [2.05, 4.69) is 5.32 Å². The van der Waals surface area contributed by atoms with Gasteiger partial charge in [0.2, 0.25) is 11.8 Å². The van der Waals surface area contributed by atoms with Gasteiger partial charge in [-0.3, -0.25) is 14.5 Å². The highest BCUT2D eigenvalue weighted by Crippen LogP contribution is 2.32. The highest BCUT2D eigenvalue weighted by molar-refractivity contribution is 6.02. The molecule has 2 aromatic carbocycles. The zero-order valence-electron chi connectivity index (χ0n) is 15.5. The molecule has 0 atom stereocenters. The quantitative estimate of drug-likeness (QED) is 0.808. The van der Waals surface area contributed by atoms with E-state index in [-0.39, 0.29) is 12.2 Å². The molecule has 0 unspecified atom stereocenters. The molecule has 0 heterocycles. The molecule has 0 aliphatic heterocycles. The minimum Gasteiger partial charge on any atom is -0.497 e. The molecule has 0 radical (unpaired) electrons. The molecule has 0 spiro atoms. The third-order valence-electron chi connectivity index (χ3n) is 3.86. The van der Waals surface area contributed by atoms with E-state index in [1.807, 2.05) is 0 Å². The maximum absolute atomic E-state index is 12.6. The molecule has 0 aliphatic rings. The zero-order chi connectivity index (χ0) is 20.9.